The first kappa shape index (κ1) is 19.0. The Balaban J connectivity index is 1.59. The molecule has 2 N–H and O–H groups in total. The van der Waals surface area contributed by atoms with Gasteiger partial charge >= 0.3 is 0 Å². The van der Waals surface area contributed by atoms with Crippen LogP contribution in [0.2, 0.25) is 0 Å². The van der Waals surface area contributed by atoms with Gasteiger partial charge in [0.05, 0.1) is 6.21 Å². The molecule has 28 heavy (non-hydrogen) atoms. The maximum atomic E-state index is 12.8. The Hall–Kier alpha value is -3.80. The Kier molecular flexibility index (Phi) is 5.91. The molecule has 0 spiro atoms. The lowest BCUT2D eigenvalue weighted by Crippen LogP contribution is -2.18. The van der Waals surface area contributed by atoms with E-state index in [2.05, 4.69) is 15.8 Å². The third-order valence-electron chi connectivity index (χ3n) is 4.04. The summed E-state index contributed by atoms with van der Waals surface area (Å²) < 4.78 is 12.8. The van der Waals surface area contributed by atoms with E-state index in [1.165, 1.54) is 18.3 Å². The molecule has 0 aliphatic carbocycles. The quantitative estimate of drug-likeness (QED) is 0.519. The summed E-state index contributed by atoms with van der Waals surface area (Å²) in [7, 11) is 0. The van der Waals surface area contributed by atoms with E-state index in [0.29, 0.717) is 22.4 Å². The van der Waals surface area contributed by atoms with E-state index >= 15 is 0 Å². The number of rotatable bonds is 5. The van der Waals surface area contributed by atoms with E-state index < -0.39 is 5.91 Å². The van der Waals surface area contributed by atoms with Crippen LogP contribution in [0.15, 0.2) is 77.9 Å². The first-order valence-electron chi connectivity index (χ1n) is 8.59. The number of amides is 2. The van der Waals surface area contributed by atoms with Crippen LogP contribution in [0.3, 0.4) is 0 Å². The standard InChI is InChI=1S/C22H18FN3O2/c1-15-4-2-3-5-20(15)22(28)25-19-12-8-17(9-13-19)21(27)26-24-14-16-6-10-18(23)11-7-16/h2-14H,1H3,(H,25,28)(H,26,27). The van der Waals surface area contributed by atoms with Crippen molar-refractivity contribution in [2.75, 3.05) is 5.32 Å². The van der Waals surface area contributed by atoms with E-state index in [4.69, 9.17) is 0 Å². The fraction of sp³-hybridized carbons (Fsp3) is 0.0455. The molecule has 0 saturated heterocycles. The SMILES string of the molecule is Cc1ccccc1C(=O)Nc1ccc(C(=O)NN=Cc2ccc(F)cc2)cc1. The minimum Gasteiger partial charge on any atom is -0.322 e. The molecule has 0 unspecified atom stereocenters. The largest absolute Gasteiger partial charge is 0.322 e. The number of carbonyl (C=O) groups is 2. The molecular formula is C22H18FN3O2. The van der Waals surface area contributed by atoms with Crippen molar-refractivity contribution in [3.8, 4) is 0 Å². The van der Waals surface area contributed by atoms with Gasteiger partial charge in [0.15, 0.2) is 0 Å². The van der Waals surface area contributed by atoms with E-state index in [-0.39, 0.29) is 11.7 Å². The molecule has 0 aliphatic rings. The van der Waals surface area contributed by atoms with Gasteiger partial charge in [0.2, 0.25) is 0 Å². The van der Waals surface area contributed by atoms with Crippen LogP contribution in [-0.4, -0.2) is 18.0 Å². The number of hydrogen-bond acceptors (Lipinski definition) is 3. The minimum absolute atomic E-state index is 0.209. The number of nitrogens with one attached hydrogen (secondary N) is 2. The molecule has 140 valence electrons. The highest BCUT2D eigenvalue weighted by atomic mass is 19.1. The molecule has 3 rings (SSSR count). The normalized spacial score (nSPS) is 10.6. The predicted octanol–water partition coefficient (Wildman–Crippen LogP) is 4.15. The summed E-state index contributed by atoms with van der Waals surface area (Å²) >= 11 is 0. The first-order chi connectivity index (χ1) is 13.5. The zero-order chi connectivity index (χ0) is 19.9. The molecule has 0 fully saturated rings. The highest BCUT2D eigenvalue weighted by molar-refractivity contribution is 6.05. The van der Waals surface area contributed by atoms with Gasteiger partial charge in [-0.15, -0.1) is 0 Å². The van der Waals surface area contributed by atoms with Crippen molar-refractivity contribution in [2.24, 2.45) is 5.10 Å². The van der Waals surface area contributed by atoms with Gasteiger partial charge in [0, 0.05) is 16.8 Å². The zero-order valence-corrected chi connectivity index (χ0v) is 15.1. The number of anilines is 1. The molecule has 3 aromatic rings. The van der Waals surface area contributed by atoms with Gasteiger partial charge < -0.3 is 5.32 Å². The number of benzene rings is 3. The Bertz CT molecular complexity index is 1010. The van der Waals surface area contributed by atoms with Crippen LogP contribution in [0.5, 0.6) is 0 Å². The Morgan fingerprint density at radius 3 is 2.25 bits per heavy atom. The lowest BCUT2D eigenvalue weighted by molar-refractivity contribution is 0.0954. The monoisotopic (exact) mass is 375 g/mol. The fourth-order valence-corrected chi connectivity index (χ4v) is 2.51. The van der Waals surface area contributed by atoms with Gasteiger partial charge in [-0.3, -0.25) is 9.59 Å². The molecule has 0 atom stereocenters. The lowest BCUT2D eigenvalue weighted by atomic mass is 10.1. The van der Waals surface area contributed by atoms with E-state index in [1.54, 1.807) is 42.5 Å². The van der Waals surface area contributed by atoms with Gasteiger partial charge in [-0.05, 0) is 60.5 Å². The van der Waals surface area contributed by atoms with Crippen molar-refractivity contribution in [2.45, 2.75) is 6.92 Å². The van der Waals surface area contributed by atoms with Crippen LogP contribution >= 0.6 is 0 Å². The summed E-state index contributed by atoms with van der Waals surface area (Å²) in [5, 5.41) is 6.65. The van der Waals surface area contributed by atoms with Crippen LogP contribution in [0, 0.1) is 12.7 Å². The molecule has 0 bridgehead atoms. The van der Waals surface area contributed by atoms with E-state index in [1.807, 2.05) is 25.1 Å². The Labute approximate surface area is 161 Å². The van der Waals surface area contributed by atoms with E-state index in [0.717, 1.165) is 5.56 Å². The molecule has 0 aromatic heterocycles. The molecule has 0 heterocycles. The minimum atomic E-state index is -0.393. The number of hydrazone groups is 1. The van der Waals surface area contributed by atoms with Crippen LogP contribution in [0.4, 0.5) is 10.1 Å². The molecule has 0 radical (unpaired) electrons. The summed E-state index contributed by atoms with van der Waals surface area (Å²) in [6.07, 6.45) is 1.42. The topological polar surface area (TPSA) is 70.6 Å². The highest BCUT2D eigenvalue weighted by Gasteiger charge is 2.09. The predicted molar refractivity (Wildman–Crippen MR) is 107 cm³/mol. The van der Waals surface area contributed by atoms with Crippen molar-refractivity contribution in [3.05, 3.63) is 101 Å². The molecule has 5 nitrogen and oxygen atoms in total. The second-order valence-corrected chi connectivity index (χ2v) is 6.10. The second kappa shape index (κ2) is 8.73. The third-order valence-corrected chi connectivity index (χ3v) is 4.04. The summed E-state index contributed by atoms with van der Waals surface area (Å²) in [4.78, 5) is 24.4. The number of aryl methyl sites for hydroxylation is 1. The Morgan fingerprint density at radius 2 is 1.57 bits per heavy atom. The number of halogens is 1. The number of carbonyl (C=O) groups excluding carboxylic acids is 2. The second-order valence-electron chi connectivity index (χ2n) is 6.10. The summed E-state index contributed by atoms with van der Waals surface area (Å²) in [6.45, 7) is 1.87. The fourth-order valence-electron chi connectivity index (χ4n) is 2.51. The van der Waals surface area contributed by atoms with Crippen molar-refractivity contribution in [1.82, 2.24) is 5.43 Å². The number of hydrogen-bond donors (Lipinski definition) is 2. The summed E-state index contributed by atoms with van der Waals surface area (Å²) in [6, 6.07) is 19.5. The van der Waals surface area contributed by atoms with Crippen LogP contribution in [-0.2, 0) is 0 Å². The van der Waals surface area contributed by atoms with Crippen molar-refractivity contribution >= 4 is 23.7 Å². The first-order valence-corrected chi connectivity index (χ1v) is 8.59. The molecule has 3 aromatic carbocycles. The van der Waals surface area contributed by atoms with Gasteiger partial charge in [0.1, 0.15) is 5.82 Å². The van der Waals surface area contributed by atoms with Crippen LogP contribution in [0.25, 0.3) is 0 Å². The van der Waals surface area contributed by atoms with Gasteiger partial charge in [-0.2, -0.15) is 5.10 Å². The molecular weight excluding hydrogens is 357 g/mol. The number of nitrogens with zero attached hydrogens (tertiary/aromatic N) is 1. The average Bonchev–Trinajstić information content (AvgIpc) is 2.70. The summed E-state index contributed by atoms with van der Waals surface area (Å²) in [5.41, 5.74) is 5.53. The average molecular weight is 375 g/mol. The Morgan fingerprint density at radius 1 is 0.893 bits per heavy atom. The van der Waals surface area contributed by atoms with E-state index in [9.17, 15) is 14.0 Å². The summed E-state index contributed by atoms with van der Waals surface area (Å²) in [5.74, 6) is -0.940. The van der Waals surface area contributed by atoms with Crippen molar-refractivity contribution in [1.29, 1.82) is 0 Å². The molecule has 6 heteroatoms. The van der Waals surface area contributed by atoms with Crippen LogP contribution in [0.1, 0.15) is 31.8 Å². The van der Waals surface area contributed by atoms with Gasteiger partial charge in [0.25, 0.3) is 11.8 Å². The highest BCUT2D eigenvalue weighted by Crippen LogP contribution is 2.13. The maximum Gasteiger partial charge on any atom is 0.271 e. The van der Waals surface area contributed by atoms with Crippen molar-refractivity contribution in [3.63, 3.8) is 0 Å². The van der Waals surface area contributed by atoms with Crippen LogP contribution < -0.4 is 10.7 Å². The maximum absolute atomic E-state index is 12.8. The van der Waals surface area contributed by atoms with Crippen molar-refractivity contribution < 1.29 is 14.0 Å². The molecule has 0 saturated carbocycles. The zero-order valence-electron chi connectivity index (χ0n) is 15.1. The molecule has 0 aliphatic heterocycles. The van der Waals surface area contributed by atoms with Gasteiger partial charge in [-0.25, -0.2) is 9.82 Å². The lowest BCUT2D eigenvalue weighted by Gasteiger charge is -2.08. The third kappa shape index (κ3) is 4.88. The molecule has 2 amide bonds. The smallest absolute Gasteiger partial charge is 0.271 e. The van der Waals surface area contributed by atoms with Gasteiger partial charge in [-0.1, -0.05) is 30.3 Å².